The summed E-state index contributed by atoms with van der Waals surface area (Å²) in [6.07, 6.45) is 0. The molecule has 2 aromatic heterocycles. The van der Waals surface area contributed by atoms with Crippen molar-refractivity contribution in [1.29, 1.82) is 0 Å². The van der Waals surface area contributed by atoms with Gasteiger partial charge < -0.3 is 4.74 Å². The van der Waals surface area contributed by atoms with Crippen molar-refractivity contribution in [3.05, 3.63) is 87.8 Å². The molecule has 0 atom stereocenters. The molecule has 0 fully saturated rings. The largest absolute Gasteiger partial charge is 0.456 e. The van der Waals surface area contributed by atoms with E-state index in [9.17, 15) is 4.79 Å². The predicted octanol–water partition coefficient (Wildman–Crippen LogP) is 5.92. The van der Waals surface area contributed by atoms with Crippen molar-refractivity contribution in [3.8, 4) is 10.6 Å². The highest BCUT2D eigenvalue weighted by Gasteiger charge is 2.14. The first kappa shape index (κ1) is 18.9. The molecule has 0 aliphatic carbocycles. The molecule has 2 aromatic carbocycles. The Morgan fingerprint density at radius 2 is 1.82 bits per heavy atom. The normalized spacial score (nSPS) is 10.7. The molecule has 0 bridgehead atoms. The minimum Gasteiger partial charge on any atom is -0.456 e. The van der Waals surface area contributed by atoms with Crippen LogP contribution in [0, 0.1) is 0 Å². The maximum atomic E-state index is 12.6. The van der Waals surface area contributed by atoms with Gasteiger partial charge in [-0.1, -0.05) is 42.5 Å². The molecule has 4 nitrogen and oxygen atoms in total. The average molecular weight is 425 g/mol. The van der Waals surface area contributed by atoms with Crippen molar-refractivity contribution in [2.24, 2.45) is 0 Å². The molecule has 0 saturated carbocycles. The topological polar surface area (TPSA) is 52.1 Å². The Kier molecular flexibility index (Phi) is 6.16. The van der Waals surface area contributed by atoms with Gasteiger partial charge in [-0.15, -0.1) is 34.4 Å². The van der Waals surface area contributed by atoms with Gasteiger partial charge in [-0.2, -0.15) is 0 Å². The number of hydrogen-bond donors (Lipinski definition) is 0. The predicted molar refractivity (Wildman–Crippen MR) is 115 cm³/mol. The zero-order valence-corrected chi connectivity index (χ0v) is 17.2. The van der Waals surface area contributed by atoms with Gasteiger partial charge in [-0.25, -0.2) is 14.8 Å². The van der Waals surface area contributed by atoms with Gasteiger partial charge in [0.2, 0.25) is 0 Å². The number of rotatable bonds is 7. The lowest BCUT2D eigenvalue weighted by Crippen LogP contribution is -2.07. The van der Waals surface area contributed by atoms with Crippen molar-refractivity contribution < 1.29 is 9.53 Å². The number of benzene rings is 2. The van der Waals surface area contributed by atoms with Crippen molar-refractivity contribution in [3.63, 3.8) is 0 Å². The third kappa shape index (κ3) is 4.67. The van der Waals surface area contributed by atoms with Crippen LogP contribution in [0.5, 0.6) is 0 Å². The zero-order valence-electron chi connectivity index (χ0n) is 14.8. The molecule has 0 unspecified atom stereocenters. The molecular weight excluding hydrogens is 408 g/mol. The second-order valence-electron chi connectivity index (χ2n) is 5.85. The number of esters is 1. The number of thioether (sulfide) groups is 1. The number of carbonyl (C=O) groups excluding carboxylic acids is 1. The molecule has 4 aromatic rings. The molecule has 0 radical (unpaired) electrons. The van der Waals surface area contributed by atoms with E-state index in [1.54, 1.807) is 40.5 Å². The highest BCUT2D eigenvalue weighted by atomic mass is 32.2. The first-order valence-corrected chi connectivity index (χ1v) is 11.4. The Balaban J connectivity index is 1.40. The van der Waals surface area contributed by atoms with Gasteiger partial charge >= 0.3 is 5.97 Å². The molecule has 0 aliphatic heterocycles. The minimum atomic E-state index is -0.337. The summed E-state index contributed by atoms with van der Waals surface area (Å²) in [5, 5.41) is 4.87. The number of aromatic nitrogens is 2. The van der Waals surface area contributed by atoms with Gasteiger partial charge in [0.25, 0.3) is 0 Å². The van der Waals surface area contributed by atoms with Gasteiger partial charge in [0.05, 0.1) is 22.5 Å². The highest BCUT2D eigenvalue weighted by molar-refractivity contribution is 7.98. The molecule has 0 aliphatic rings. The molecule has 0 saturated heterocycles. The van der Waals surface area contributed by atoms with Gasteiger partial charge in [0.1, 0.15) is 11.6 Å². The molecule has 7 heteroatoms. The van der Waals surface area contributed by atoms with E-state index in [0.717, 1.165) is 32.6 Å². The summed E-state index contributed by atoms with van der Waals surface area (Å²) in [7, 11) is 0. The number of nitrogens with zero attached hydrogens (tertiary/aromatic N) is 2. The molecule has 4 rings (SSSR count). The second kappa shape index (κ2) is 9.14. The minimum absolute atomic E-state index is 0.160. The van der Waals surface area contributed by atoms with Crippen LogP contribution in [-0.2, 0) is 17.1 Å². The number of ether oxygens (including phenoxy) is 1. The fraction of sp³-hybridized carbons (Fsp3) is 0.0952. The van der Waals surface area contributed by atoms with E-state index < -0.39 is 0 Å². The quantitative estimate of drug-likeness (QED) is 0.272. The Morgan fingerprint density at radius 3 is 2.64 bits per heavy atom. The average Bonchev–Trinajstić information content (AvgIpc) is 3.43. The first-order chi connectivity index (χ1) is 13.8. The molecule has 0 spiro atoms. The SMILES string of the molecule is O=C(OCc1csc(-c2ccccc2)n1)c1ccccc1SCc1cscn1. The molecule has 0 N–H and O–H groups in total. The van der Waals surface area contributed by atoms with Crippen LogP contribution in [-0.4, -0.2) is 15.9 Å². The Labute approximate surface area is 175 Å². The molecule has 28 heavy (non-hydrogen) atoms. The summed E-state index contributed by atoms with van der Waals surface area (Å²) in [5.74, 6) is 0.385. The lowest BCUT2D eigenvalue weighted by Gasteiger charge is -2.08. The van der Waals surface area contributed by atoms with E-state index >= 15 is 0 Å². The standard InChI is InChI=1S/C21H16N2O2S3/c24-21(18-8-4-5-9-19(18)27-13-17-11-26-14-22-17)25-10-16-12-28-20(23-16)15-6-2-1-3-7-15/h1-9,11-12,14H,10,13H2. The Morgan fingerprint density at radius 1 is 1.00 bits per heavy atom. The summed E-state index contributed by atoms with van der Waals surface area (Å²) in [6.45, 7) is 0.160. The number of hydrogen-bond acceptors (Lipinski definition) is 7. The fourth-order valence-corrected chi connectivity index (χ4v) is 4.94. The van der Waals surface area contributed by atoms with Crippen LogP contribution in [0.15, 0.2) is 75.8 Å². The van der Waals surface area contributed by atoms with E-state index in [2.05, 4.69) is 9.97 Å². The molecule has 2 heterocycles. The van der Waals surface area contributed by atoms with Crippen molar-refractivity contribution >= 4 is 40.4 Å². The van der Waals surface area contributed by atoms with Crippen molar-refractivity contribution in [2.75, 3.05) is 0 Å². The van der Waals surface area contributed by atoms with Crippen molar-refractivity contribution in [2.45, 2.75) is 17.3 Å². The van der Waals surface area contributed by atoms with E-state index in [1.807, 2.05) is 64.8 Å². The van der Waals surface area contributed by atoms with Gasteiger partial charge in [-0.05, 0) is 12.1 Å². The monoisotopic (exact) mass is 424 g/mol. The van der Waals surface area contributed by atoms with Crippen LogP contribution >= 0.6 is 34.4 Å². The van der Waals surface area contributed by atoms with Crippen molar-refractivity contribution in [1.82, 2.24) is 9.97 Å². The second-order valence-corrected chi connectivity index (χ2v) is 8.44. The van der Waals surface area contributed by atoms with Gasteiger partial charge in [-0.3, -0.25) is 0 Å². The lowest BCUT2D eigenvalue weighted by atomic mass is 10.2. The first-order valence-electron chi connectivity index (χ1n) is 8.55. The summed E-state index contributed by atoms with van der Waals surface area (Å²) in [4.78, 5) is 22.3. The van der Waals surface area contributed by atoms with Crippen LogP contribution < -0.4 is 0 Å². The maximum absolute atomic E-state index is 12.6. The molecule has 140 valence electrons. The van der Waals surface area contributed by atoms with Crippen LogP contribution in [0.2, 0.25) is 0 Å². The van der Waals surface area contributed by atoms with E-state index in [0.29, 0.717) is 5.56 Å². The lowest BCUT2D eigenvalue weighted by molar-refractivity contribution is 0.0464. The van der Waals surface area contributed by atoms with Gasteiger partial charge in [0, 0.05) is 27.0 Å². The third-order valence-corrected chi connectivity index (χ3v) is 6.57. The Bertz CT molecular complexity index is 1050. The summed E-state index contributed by atoms with van der Waals surface area (Å²) >= 11 is 4.70. The molecular formula is C21H16N2O2S3. The van der Waals surface area contributed by atoms with Crippen LogP contribution in [0.25, 0.3) is 10.6 Å². The van der Waals surface area contributed by atoms with Gasteiger partial charge in [0.15, 0.2) is 0 Å². The van der Waals surface area contributed by atoms with Crippen LogP contribution in [0.3, 0.4) is 0 Å². The third-order valence-electron chi connectivity index (χ3n) is 3.89. The smallest absolute Gasteiger partial charge is 0.339 e. The summed E-state index contributed by atoms with van der Waals surface area (Å²) in [6, 6.07) is 17.5. The van der Waals surface area contributed by atoms with Crippen LogP contribution in [0.1, 0.15) is 21.7 Å². The highest BCUT2D eigenvalue weighted by Crippen LogP contribution is 2.27. The number of thiazole rings is 2. The van der Waals surface area contributed by atoms with E-state index in [4.69, 9.17) is 4.74 Å². The summed E-state index contributed by atoms with van der Waals surface area (Å²) in [5.41, 5.74) is 5.21. The zero-order chi connectivity index (χ0) is 19.2. The van der Waals surface area contributed by atoms with E-state index in [-0.39, 0.29) is 12.6 Å². The summed E-state index contributed by atoms with van der Waals surface area (Å²) < 4.78 is 5.52. The van der Waals surface area contributed by atoms with E-state index in [1.165, 1.54) is 0 Å². The maximum Gasteiger partial charge on any atom is 0.339 e. The van der Waals surface area contributed by atoms with Crippen LogP contribution in [0.4, 0.5) is 0 Å². The number of carbonyl (C=O) groups is 1. The Hall–Kier alpha value is -2.48. The molecule has 0 amide bonds. The fourth-order valence-electron chi connectivity index (χ4n) is 2.53.